The second-order valence-corrected chi connectivity index (χ2v) is 10.3. The van der Waals surface area contributed by atoms with E-state index in [0.717, 1.165) is 17.6 Å². The van der Waals surface area contributed by atoms with E-state index in [-0.39, 0.29) is 0 Å². The predicted octanol–water partition coefficient (Wildman–Crippen LogP) is 7.90. The topological polar surface area (TPSA) is 17.1 Å². The number of hydrogen-bond donors (Lipinski definition) is 0. The summed E-state index contributed by atoms with van der Waals surface area (Å²) in [7, 11) is 0. The Morgan fingerprint density at radius 1 is 0.917 bits per heavy atom. The lowest BCUT2D eigenvalue weighted by Gasteiger charge is -1.98. The molecule has 126 valence electrons. The monoisotopic (exact) mass is 438 g/mol. The van der Waals surface area contributed by atoms with Crippen molar-refractivity contribution in [3.63, 3.8) is 0 Å². The molecule has 0 aliphatic rings. The van der Waals surface area contributed by atoms with Crippen molar-refractivity contribution in [2.24, 2.45) is 0 Å². The van der Waals surface area contributed by atoms with E-state index in [1.54, 1.807) is 22.7 Å². The summed E-state index contributed by atoms with van der Waals surface area (Å²) in [5.41, 5.74) is 1.43. The first kappa shape index (κ1) is 18.1. The van der Waals surface area contributed by atoms with Crippen molar-refractivity contribution in [3.8, 4) is 19.5 Å². The van der Waals surface area contributed by atoms with Gasteiger partial charge < -0.3 is 0 Å². The van der Waals surface area contributed by atoms with E-state index in [9.17, 15) is 4.79 Å². The lowest BCUT2D eigenvalue weighted by molar-refractivity contribution is 0.112. The number of unbranched alkanes of at least 4 members (excludes halogenated alkanes) is 3. The summed E-state index contributed by atoms with van der Waals surface area (Å²) in [5, 5.41) is 0. The molecule has 1 nitrogen and oxygen atoms in total. The van der Waals surface area contributed by atoms with Gasteiger partial charge in [0.25, 0.3) is 0 Å². The van der Waals surface area contributed by atoms with Gasteiger partial charge in [0.2, 0.25) is 0 Å². The molecular formula is C19H19BrOS3. The quantitative estimate of drug-likeness (QED) is 0.257. The van der Waals surface area contributed by atoms with Gasteiger partial charge in [-0.25, -0.2) is 0 Å². The summed E-state index contributed by atoms with van der Waals surface area (Å²) in [6, 6.07) is 10.6. The van der Waals surface area contributed by atoms with E-state index in [4.69, 9.17) is 0 Å². The molecule has 0 radical (unpaired) electrons. The maximum absolute atomic E-state index is 10.9. The zero-order valence-electron chi connectivity index (χ0n) is 13.5. The van der Waals surface area contributed by atoms with Crippen LogP contribution in [0, 0.1) is 0 Å². The fourth-order valence-electron chi connectivity index (χ4n) is 2.59. The van der Waals surface area contributed by atoms with Gasteiger partial charge in [-0.2, -0.15) is 0 Å². The first-order valence-electron chi connectivity index (χ1n) is 8.15. The van der Waals surface area contributed by atoms with Crippen molar-refractivity contribution < 1.29 is 4.79 Å². The molecule has 3 aromatic heterocycles. The molecule has 3 aromatic rings. The summed E-state index contributed by atoms with van der Waals surface area (Å²) < 4.78 is 1.27. The Morgan fingerprint density at radius 2 is 1.62 bits per heavy atom. The van der Waals surface area contributed by atoms with Crippen LogP contribution in [0.25, 0.3) is 19.5 Å². The van der Waals surface area contributed by atoms with Crippen LogP contribution >= 0.6 is 49.9 Å². The Kier molecular flexibility index (Phi) is 6.44. The van der Waals surface area contributed by atoms with Crippen LogP contribution in [-0.2, 0) is 6.42 Å². The summed E-state index contributed by atoms with van der Waals surface area (Å²) in [6.07, 6.45) is 7.26. The van der Waals surface area contributed by atoms with Crippen LogP contribution in [0.2, 0.25) is 0 Å². The van der Waals surface area contributed by atoms with E-state index < -0.39 is 0 Å². The van der Waals surface area contributed by atoms with Gasteiger partial charge in [0.15, 0.2) is 6.29 Å². The molecule has 0 unspecified atom stereocenters. The van der Waals surface area contributed by atoms with Crippen molar-refractivity contribution in [2.45, 2.75) is 39.0 Å². The largest absolute Gasteiger partial charge is 0.297 e. The van der Waals surface area contributed by atoms with Crippen LogP contribution in [0.4, 0.5) is 0 Å². The molecule has 0 bridgehead atoms. The Bertz CT molecular complexity index is 812. The first-order valence-corrected chi connectivity index (χ1v) is 11.4. The van der Waals surface area contributed by atoms with Crippen molar-refractivity contribution >= 4 is 56.2 Å². The van der Waals surface area contributed by atoms with Gasteiger partial charge in [-0.05, 0) is 64.7 Å². The molecule has 0 aliphatic heterocycles. The molecule has 0 fully saturated rings. The summed E-state index contributed by atoms with van der Waals surface area (Å²) >= 11 is 8.91. The van der Waals surface area contributed by atoms with Gasteiger partial charge in [-0.1, -0.05) is 26.2 Å². The third kappa shape index (κ3) is 4.26. The molecule has 0 atom stereocenters. The molecule has 24 heavy (non-hydrogen) atoms. The highest BCUT2D eigenvalue weighted by molar-refractivity contribution is 9.11. The van der Waals surface area contributed by atoms with Crippen LogP contribution in [0.1, 0.15) is 47.8 Å². The molecule has 0 spiro atoms. The number of carbonyl (C=O) groups excluding carboxylic acids is 1. The second-order valence-electron chi connectivity index (χ2n) is 5.70. The van der Waals surface area contributed by atoms with Crippen LogP contribution in [-0.4, -0.2) is 6.29 Å². The van der Waals surface area contributed by atoms with E-state index >= 15 is 0 Å². The van der Waals surface area contributed by atoms with Gasteiger partial charge in [0, 0.05) is 19.5 Å². The second kappa shape index (κ2) is 8.56. The number of aryl methyl sites for hydroxylation is 1. The molecule has 0 saturated heterocycles. The minimum absolute atomic E-state index is 0.785. The van der Waals surface area contributed by atoms with Gasteiger partial charge >= 0.3 is 0 Å². The number of rotatable bonds is 8. The Hall–Kier alpha value is -0.750. The molecule has 3 heterocycles. The normalized spacial score (nSPS) is 11.1. The highest BCUT2D eigenvalue weighted by atomic mass is 79.9. The Balaban J connectivity index is 1.74. The smallest absolute Gasteiger partial charge is 0.160 e. The first-order chi connectivity index (χ1) is 11.7. The van der Waals surface area contributed by atoms with E-state index in [1.165, 1.54) is 54.5 Å². The average molecular weight is 439 g/mol. The van der Waals surface area contributed by atoms with Crippen LogP contribution in [0.3, 0.4) is 0 Å². The maximum Gasteiger partial charge on any atom is 0.160 e. The van der Waals surface area contributed by atoms with Crippen LogP contribution < -0.4 is 0 Å². The van der Waals surface area contributed by atoms with Crippen LogP contribution in [0.15, 0.2) is 34.1 Å². The predicted molar refractivity (Wildman–Crippen MR) is 112 cm³/mol. The molecule has 0 amide bonds. The number of halogens is 1. The minimum atomic E-state index is 0.785. The molecule has 0 aromatic carbocycles. The van der Waals surface area contributed by atoms with Crippen molar-refractivity contribution in [2.75, 3.05) is 0 Å². The van der Waals surface area contributed by atoms with Gasteiger partial charge in [-0.3, -0.25) is 4.79 Å². The van der Waals surface area contributed by atoms with Gasteiger partial charge in [-0.15, -0.1) is 34.0 Å². The van der Waals surface area contributed by atoms with Gasteiger partial charge in [0.1, 0.15) is 0 Å². The highest BCUT2D eigenvalue weighted by Gasteiger charge is 2.12. The highest BCUT2D eigenvalue weighted by Crippen LogP contribution is 2.42. The maximum atomic E-state index is 10.9. The molecule has 3 rings (SSSR count). The zero-order valence-corrected chi connectivity index (χ0v) is 17.5. The van der Waals surface area contributed by atoms with E-state index in [2.05, 4.69) is 41.1 Å². The summed E-state index contributed by atoms with van der Waals surface area (Å²) in [5.74, 6) is 0. The van der Waals surface area contributed by atoms with Crippen molar-refractivity contribution in [3.05, 3.63) is 44.6 Å². The molecule has 5 heteroatoms. The summed E-state index contributed by atoms with van der Waals surface area (Å²) in [4.78, 5) is 16.7. The fourth-order valence-corrected chi connectivity index (χ4v) is 6.36. The van der Waals surface area contributed by atoms with Gasteiger partial charge in [0.05, 0.1) is 8.66 Å². The third-order valence-corrected chi connectivity index (χ3v) is 8.34. The Morgan fingerprint density at radius 3 is 2.33 bits per heavy atom. The number of aldehydes is 1. The lowest BCUT2D eigenvalue weighted by Crippen LogP contribution is -1.83. The van der Waals surface area contributed by atoms with Crippen molar-refractivity contribution in [1.29, 1.82) is 0 Å². The molecule has 0 aliphatic carbocycles. The number of carbonyl (C=O) groups is 1. The Labute approximate surface area is 163 Å². The van der Waals surface area contributed by atoms with Crippen LogP contribution in [0.5, 0.6) is 0 Å². The third-order valence-electron chi connectivity index (χ3n) is 3.89. The molecule has 0 N–H and O–H groups in total. The van der Waals surface area contributed by atoms with E-state index in [1.807, 2.05) is 23.5 Å². The number of hydrogen-bond acceptors (Lipinski definition) is 4. The standard InChI is InChI=1S/C19H19BrOS3/c1-2-3-4-5-6-13-11-18(24-19(13)20)17-10-9-16(23-17)15-8-7-14(12-21)22-15/h7-12H,2-6H2,1H3. The average Bonchev–Trinajstić information content (AvgIpc) is 3.30. The van der Waals surface area contributed by atoms with Crippen molar-refractivity contribution in [1.82, 2.24) is 0 Å². The SMILES string of the molecule is CCCCCCc1cc(-c2ccc(-c3ccc(C=O)s3)s2)sc1Br. The number of thiophene rings is 3. The minimum Gasteiger partial charge on any atom is -0.297 e. The molecular weight excluding hydrogens is 420 g/mol. The summed E-state index contributed by atoms with van der Waals surface area (Å²) in [6.45, 7) is 2.25. The van der Waals surface area contributed by atoms with E-state index in [0.29, 0.717) is 0 Å². The fraction of sp³-hybridized carbons (Fsp3) is 0.316. The zero-order chi connectivity index (χ0) is 16.9. The molecule has 0 saturated carbocycles. The lowest BCUT2D eigenvalue weighted by atomic mass is 10.1.